The number of ether oxygens (including phenoxy) is 3. The average Bonchev–Trinajstić information content (AvgIpc) is 2.88. The zero-order valence-corrected chi connectivity index (χ0v) is 20.7. The minimum atomic E-state index is -1.15. The SMILES string of the molecule is CCCC1CCC(C2CCC(c3ccc4c(c3F)Oc3c(cc(OCC)c(F)c3F)C4)OC2)CC1. The van der Waals surface area contributed by atoms with Crippen LogP contribution < -0.4 is 9.47 Å². The first-order valence-electron chi connectivity index (χ1n) is 13.2. The highest BCUT2D eigenvalue weighted by Gasteiger charge is 2.34. The van der Waals surface area contributed by atoms with Gasteiger partial charge >= 0.3 is 0 Å². The lowest BCUT2D eigenvalue weighted by Gasteiger charge is -2.38. The molecule has 190 valence electrons. The highest BCUT2D eigenvalue weighted by molar-refractivity contribution is 5.55. The molecule has 0 bridgehead atoms. The van der Waals surface area contributed by atoms with Crippen molar-refractivity contribution in [2.45, 2.75) is 77.7 Å². The van der Waals surface area contributed by atoms with E-state index in [1.54, 1.807) is 13.0 Å². The second-order valence-corrected chi connectivity index (χ2v) is 10.4. The Labute approximate surface area is 206 Å². The second-order valence-electron chi connectivity index (χ2n) is 10.4. The van der Waals surface area contributed by atoms with E-state index in [2.05, 4.69) is 6.92 Å². The Hall–Kier alpha value is -2.21. The summed E-state index contributed by atoms with van der Waals surface area (Å²) in [7, 11) is 0. The molecule has 1 saturated carbocycles. The topological polar surface area (TPSA) is 27.7 Å². The van der Waals surface area contributed by atoms with Crippen molar-refractivity contribution >= 4 is 0 Å². The molecule has 3 nitrogen and oxygen atoms in total. The van der Waals surface area contributed by atoms with E-state index in [0.29, 0.717) is 35.1 Å². The number of fused-ring (bicyclic) bond motifs is 2. The van der Waals surface area contributed by atoms with Gasteiger partial charge in [-0.2, -0.15) is 8.78 Å². The minimum Gasteiger partial charge on any atom is -0.491 e. The third kappa shape index (κ3) is 4.78. The first-order valence-corrected chi connectivity index (χ1v) is 13.2. The van der Waals surface area contributed by atoms with Crippen LogP contribution in [0, 0.1) is 35.2 Å². The van der Waals surface area contributed by atoms with E-state index < -0.39 is 17.5 Å². The van der Waals surface area contributed by atoms with Crippen molar-refractivity contribution in [3.63, 3.8) is 0 Å². The van der Waals surface area contributed by atoms with E-state index in [-0.39, 0.29) is 36.4 Å². The molecular weight excluding hydrogens is 453 g/mol. The largest absolute Gasteiger partial charge is 0.491 e. The number of hydrogen-bond acceptors (Lipinski definition) is 3. The molecule has 2 atom stereocenters. The minimum absolute atomic E-state index is 0.0302. The first-order chi connectivity index (χ1) is 17.0. The Morgan fingerprint density at radius 3 is 2.29 bits per heavy atom. The van der Waals surface area contributed by atoms with Gasteiger partial charge in [0.15, 0.2) is 23.1 Å². The summed E-state index contributed by atoms with van der Waals surface area (Å²) in [5, 5.41) is 0. The van der Waals surface area contributed by atoms with Crippen molar-refractivity contribution in [2.75, 3.05) is 13.2 Å². The molecule has 2 aliphatic heterocycles. The molecule has 2 heterocycles. The van der Waals surface area contributed by atoms with Crippen LogP contribution in [0.15, 0.2) is 18.2 Å². The lowest BCUT2D eigenvalue weighted by molar-refractivity contribution is -0.0420. The molecule has 0 N–H and O–H groups in total. The molecular formula is C29H35F3O3. The van der Waals surface area contributed by atoms with Gasteiger partial charge in [-0.3, -0.25) is 0 Å². The lowest BCUT2D eigenvalue weighted by atomic mass is 9.73. The monoisotopic (exact) mass is 488 g/mol. The van der Waals surface area contributed by atoms with E-state index >= 15 is 4.39 Å². The van der Waals surface area contributed by atoms with E-state index in [1.165, 1.54) is 44.6 Å². The third-order valence-electron chi connectivity index (χ3n) is 8.21. The van der Waals surface area contributed by atoms with Crippen molar-refractivity contribution < 1.29 is 27.4 Å². The molecule has 1 aliphatic carbocycles. The quantitative estimate of drug-likeness (QED) is 0.349. The summed E-state index contributed by atoms with van der Waals surface area (Å²) in [5.74, 6) is -1.13. The van der Waals surface area contributed by atoms with Crippen molar-refractivity contribution in [3.05, 3.63) is 52.3 Å². The van der Waals surface area contributed by atoms with Crippen molar-refractivity contribution in [1.29, 1.82) is 0 Å². The highest BCUT2D eigenvalue weighted by atomic mass is 19.2. The van der Waals surface area contributed by atoms with E-state index in [1.807, 2.05) is 6.07 Å². The van der Waals surface area contributed by atoms with Crippen LogP contribution in [-0.2, 0) is 11.2 Å². The fraction of sp³-hybridized carbons (Fsp3) is 0.586. The van der Waals surface area contributed by atoms with Crippen molar-refractivity contribution in [1.82, 2.24) is 0 Å². The second kappa shape index (κ2) is 10.4. The van der Waals surface area contributed by atoms with Gasteiger partial charge in [-0.25, -0.2) is 4.39 Å². The fourth-order valence-corrected chi connectivity index (χ4v) is 6.30. The number of rotatable bonds is 6. The van der Waals surface area contributed by atoms with Crippen LogP contribution in [0.1, 0.15) is 88.0 Å². The van der Waals surface area contributed by atoms with Crippen LogP contribution in [0.3, 0.4) is 0 Å². The first kappa shape index (κ1) is 24.5. The van der Waals surface area contributed by atoms with Crippen molar-refractivity contribution in [2.24, 2.45) is 17.8 Å². The molecule has 0 spiro atoms. The lowest BCUT2D eigenvalue weighted by Crippen LogP contribution is -2.30. The Kier molecular flexibility index (Phi) is 7.29. The van der Waals surface area contributed by atoms with Crippen LogP contribution in [-0.4, -0.2) is 13.2 Å². The zero-order chi connectivity index (χ0) is 24.5. The van der Waals surface area contributed by atoms with E-state index in [0.717, 1.165) is 18.8 Å². The summed E-state index contributed by atoms with van der Waals surface area (Å²) in [6.07, 6.45) is 9.47. The summed E-state index contributed by atoms with van der Waals surface area (Å²) in [5.41, 5.74) is 1.48. The van der Waals surface area contributed by atoms with Gasteiger partial charge in [-0.1, -0.05) is 44.7 Å². The molecule has 0 aromatic heterocycles. The molecule has 2 aromatic rings. The summed E-state index contributed by atoms with van der Waals surface area (Å²) >= 11 is 0. The van der Waals surface area contributed by atoms with Crippen LogP contribution in [0.25, 0.3) is 0 Å². The molecule has 1 saturated heterocycles. The van der Waals surface area contributed by atoms with Gasteiger partial charge < -0.3 is 14.2 Å². The molecule has 6 heteroatoms. The van der Waals surface area contributed by atoms with Crippen LogP contribution in [0.5, 0.6) is 17.2 Å². The summed E-state index contributed by atoms with van der Waals surface area (Å²) in [6.45, 7) is 4.83. The third-order valence-corrected chi connectivity index (χ3v) is 8.21. The molecule has 35 heavy (non-hydrogen) atoms. The number of halogens is 3. The Morgan fingerprint density at radius 2 is 1.60 bits per heavy atom. The van der Waals surface area contributed by atoms with Gasteiger partial charge in [0.25, 0.3) is 0 Å². The Balaban J connectivity index is 1.28. The highest BCUT2D eigenvalue weighted by Crippen LogP contribution is 2.46. The van der Waals surface area contributed by atoms with Gasteiger partial charge in [0.1, 0.15) is 0 Å². The normalized spacial score (nSPS) is 26.0. The maximum Gasteiger partial charge on any atom is 0.205 e. The fourth-order valence-electron chi connectivity index (χ4n) is 6.30. The van der Waals surface area contributed by atoms with Gasteiger partial charge in [0, 0.05) is 23.1 Å². The van der Waals surface area contributed by atoms with Gasteiger partial charge in [-0.15, -0.1) is 0 Å². The molecule has 5 rings (SSSR count). The Morgan fingerprint density at radius 1 is 0.857 bits per heavy atom. The van der Waals surface area contributed by atoms with E-state index in [9.17, 15) is 8.78 Å². The summed E-state index contributed by atoms with van der Waals surface area (Å²) in [4.78, 5) is 0. The Bertz CT molecular complexity index is 1050. The number of hydrogen-bond donors (Lipinski definition) is 0. The van der Waals surface area contributed by atoms with Gasteiger partial charge in [-0.05, 0) is 56.4 Å². The van der Waals surface area contributed by atoms with Gasteiger partial charge in [0.05, 0.1) is 19.3 Å². The van der Waals surface area contributed by atoms with Gasteiger partial charge in [0.2, 0.25) is 11.6 Å². The van der Waals surface area contributed by atoms with Crippen LogP contribution >= 0.6 is 0 Å². The predicted octanol–water partition coefficient (Wildman–Crippen LogP) is 8.27. The zero-order valence-electron chi connectivity index (χ0n) is 20.7. The maximum atomic E-state index is 15.6. The standard InChI is InChI=1S/C29H35F3O3/c1-3-5-17-6-8-18(9-7-17)20-11-13-23(34-16-20)22-12-10-19-14-21-15-24(33-4-2)26(31)27(32)29(21)35-28(19)25(22)30/h10,12,15,17-18,20,23H,3-9,11,13-14,16H2,1-2H3. The van der Waals surface area contributed by atoms with Crippen LogP contribution in [0.2, 0.25) is 0 Å². The number of benzene rings is 2. The van der Waals surface area contributed by atoms with E-state index in [4.69, 9.17) is 14.2 Å². The molecule has 0 radical (unpaired) electrons. The summed E-state index contributed by atoms with van der Waals surface area (Å²) in [6, 6.07) is 5.00. The molecule has 2 aromatic carbocycles. The molecule has 0 amide bonds. The molecule has 2 fully saturated rings. The maximum absolute atomic E-state index is 15.6. The summed E-state index contributed by atoms with van der Waals surface area (Å²) < 4.78 is 61.7. The van der Waals surface area contributed by atoms with Crippen molar-refractivity contribution in [3.8, 4) is 17.2 Å². The average molecular weight is 489 g/mol. The molecule has 3 aliphatic rings. The predicted molar refractivity (Wildman–Crippen MR) is 129 cm³/mol. The van der Waals surface area contributed by atoms with Crippen LogP contribution in [0.4, 0.5) is 13.2 Å². The smallest absolute Gasteiger partial charge is 0.205 e. The molecule has 2 unspecified atom stereocenters.